The number of hydrogen-bond donors (Lipinski definition) is 2. The van der Waals surface area contributed by atoms with Crippen LogP contribution in [0, 0.1) is 0 Å². The third kappa shape index (κ3) is 4.19. The highest BCUT2D eigenvalue weighted by Gasteiger charge is 2.04. The standard InChI is InChI=1S/C13H15BrN4S/c1-2-10-7-12(18-15)17-13(16-10)8-19-11-5-3-9(14)4-6-11/h3-7H,2,8,15H2,1H3,(H,16,17,18). The molecule has 4 nitrogen and oxygen atoms in total. The fourth-order valence-electron chi connectivity index (χ4n) is 1.55. The fourth-order valence-corrected chi connectivity index (χ4v) is 2.57. The molecule has 0 unspecified atom stereocenters. The summed E-state index contributed by atoms with van der Waals surface area (Å²) in [7, 11) is 0. The average Bonchev–Trinajstić information content (AvgIpc) is 2.46. The van der Waals surface area contributed by atoms with Crippen molar-refractivity contribution >= 4 is 33.5 Å². The summed E-state index contributed by atoms with van der Waals surface area (Å²) in [4.78, 5) is 10.0. The van der Waals surface area contributed by atoms with E-state index in [1.165, 1.54) is 4.90 Å². The van der Waals surface area contributed by atoms with Crippen molar-refractivity contribution in [3.63, 3.8) is 0 Å². The van der Waals surface area contributed by atoms with Gasteiger partial charge in [-0.25, -0.2) is 15.8 Å². The number of halogens is 1. The monoisotopic (exact) mass is 338 g/mol. The van der Waals surface area contributed by atoms with Crippen molar-refractivity contribution in [2.24, 2.45) is 5.84 Å². The van der Waals surface area contributed by atoms with E-state index >= 15 is 0 Å². The molecule has 0 atom stereocenters. The van der Waals surface area contributed by atoms with Crippen LogP contribution in [0.15, 0.2) is 39.7 Å². The van der Waals surface area contributed by atoms with Gasteiger partial charge in [0.05, 0.1) is 5.75 Å². The second-order valence-corrected chi connectivity index (χ2v) is 5.87. The van der Waals surface area contributed by atoms with Gasteiger partial charge in [0.15, 0.2) is 0 Å². The molecule has 2 rings (SSSR count). The number of aryl methyl sites for hydroxylation is 1. The van der Waals surface area contributed by atoms with Gasteiger partial charge in [-0.1, -0.05) is 22.9 Å². The molecule has 19 heavy (non-hydrogen) atoms. The summed E-state index contributed by atoms with van der Waals surface area (Å²) in [5, 5.41) is 0. The number of rotatable bonds is 5. The summed E-state index contributed by atoms with van der Waals surface area (Å²) in [5.41, 5.74) is 3.58. The number of hydrogen-bond acceptors (Lipinski definition) is 5. The third-order valence-corrected chi connectivity index (χ3v) is 4.05. The van der Waals surface area contributed by atoms with Crippen LogP contribution < -0.4 is 11.3 Å². The van der Waals surface area contributed by atoms with E-state index < -0.39 is 0 Å². The first kappa shape index (κ1) is 14.3. The lowest BCUT2D eigenvalue weighted by Crippen LogP contribution is -2.11. The number of nitrogens with one attached hydrogen (secondary N) is 1. The Morgan fingerprint density at radius 1 is 1.26 bits per heavy atom. The fraction of sp³-hybridized carbons (Fsp3) is 0.231. The number of hydrazine groups is 1. The molecule has 6 heteroatoms. The Balaban J connectivity index is 2.08. The lowest BCUT2D eigenvalue weighted by Gasteiger charge is -2.06. The first-order chi connectivity index (χ1) is 9.21. The van der Waals surface area contributed by atoms with Crippen molar-refractivity contribution < 1.29 is 0 Å². The van der Waals surface area contributed by atoms with Crippen LogP contribution in [-0.2, 0) is 12.2 Å². The van der Waals surface area contributed by atoms with Crippen LogP contribution in [0.3, 0.4) is 0 Å². The highest BCUT2D eigenvalue weighted by molar-refractivity contribution is 9.10. The molecule has 100 valence electrons. The van der Waals surface area contributed by atoms with Crippen LogP contribution in [0.4, 0.5) is 5.82 Å². The Kier molecular flexibility index (Phi) is 5.18. The zero-order valence-electron chi connectivity index (χ0n) is 10.6. The van der Waals surface area contributed by atoms with Crippen molar-refractivity contribution in [2.75, 3.05) is 5.43 Å². The quantitative estimate of drug-likeness (QED) is 0.497. The molecule has 0 spiro atoms. The summed E-state index contributed by atoms with van der Waals surface area (Å²) in [6, 6.07) is 10.1. The van der Waals surface area contributed by atoms with Crippen molar-refractivity contribution in [3.8, 4) is 0 Å². The molecule has 0 fully saturated rings. The number of aromatic nitrogens is 2. The normalized spacial score (nSPS) is 10.5. The predicted octanol–water partition coefficient (Wildman–Crippen LogP) is 3.38. The third-order valence-electron chi connectivity index (χ3n) is 2.52. The Bertz CT molecular complexity index is 523. The molecule has 0 amide bonds. The van der Waals surface area contributed by atoms with Gasteiger partial charge >= 0.3 is 0 Å². The number of nitrogens with zero attached hydrogens (tertiary/aromatic N) is 2. The maximum absolute atomic E-state index is 5.41. The maximum Gasteiger partial charge on any atom is 0.143 e. The van der Waals surface area contributed by atoms with Crippen LogP contribution in [0.5, 0.6) is 0 Å². The van der Waals surface area contributed by atoms with Gasteiger partial charge in [0.25, 0.3) is 0 Å². The molecule has 0 radical (unpaired) electrons. The number of benzene rings is 1. The van der Waals surface area contributed by atoms with Gasteiger partial charge in [0.2, 0.25) is 0 Å². The smallest absolute Gasteiger partial charge is 0.143 e. The molecule has 0 aliphatic rings. The molecule has 1 aromatic heterocycles. The average molecular weight is 339 g/mol. The summed E-state index contributed by atoms with van der Waals surface area (Å²) in [6.45, 7) is 2.06. The van der Waals surface area contributed by atoms with E-state index in [0.717, 1.165) is 28.2 Å². The zero-order chi connectivity index (χ0) is 13.7. The van der Waals surface area contributed by atoms with Gasteiger partial charge < -0.3 is 5.43 Å². The van der Waals surface area contributed by atoms with Crippen LogP contribution in [0.1, 0.15) is 18.4 Å². The van der Waals surface area contributed by atoms with E-state index in [0.29, 0.717) is 5.82 Å². The largest absolute Gasteiger partial charge is 0.308 e. The van der Waals surface area contributed by atoms with Gasteiger partial charge in [0, 0.05) is 21.1 Å². The Hall–Kier alpha value is -1.11. The zero-order valence-corrected chi connectivity index (χ0v) is 13.0. The molecular weight excluding hydrogens is 324 g/mol. The minimum atomic E-state index is 0.665. The van der Waals surface area contributed by atoms with Gasteiger partial charge in [-0.3, -0.25) is 0 Å². The Morgan fingerprint density at radius 2 is 2.00 bits per heavy atom. The van der Waals surface area contributed by atoms with E-state index in [2.05, 4.69) is 50.4 Å². The first-order valence-electron chi connectivity index (χ1n) is 5.93. The topological polar surface area (TPSA) is 63.8 Å². The first-order valence-corrected chi connectivity index (χ1v) is 7.71. The van der Waals surface area contributed by atoms with E-state index in [1.54, 1.807) is 11.8 Å². The minimum absolute atomic E-state index is 0.665. The van der Waals surface area contributed by atoms with Crippen LogP contribution in [-0.4, -0.2) is 9.97 Å². The van der Waals surface area contributed by atoms with Crippen LogP contribution in [0.25, 0.3) is 0 Å². The summed E-state index contributed by atoms with van der Waals surface area (Å²) in [5.74, 6) is 7.60. The lowest BCUT2D eigenvalue weighted by molar-refractivity contribution is 0.938. The summed E-state index contributed by atoms with van der Waals surface area (Å²) >= 11 is 5.13. The minimum Gasteiger partial charge on any atom is -0.308 e. The number of thioether (sulfide) groups is 1. The van der Waals surface area contributed by atoms with Gasteiger partial charge in [-0.2, -0.15) is 0 Å². The summed E-state index contributed by atoms with van der Waals surface area (Å²) < 4.78 is 1.08. The van der Waals surface area contributed by atoms with Gasteiger partial charge in [-0.15, -0.1) is 11.8 Å². The molecule has 0 saturated carbocycles. The van der Waals surface area contributed by atoms with Gasteiger partial charge in [-0.05, 0) is 30.7 Å². The van der Waals surface area contributed by atoms with Crippen molar-refractivity contribution in [3.05, 3.63) is 46.3 Å². The van der Waals surface area contributed by atoms with E-state index in [1.807, 2.05) is 18.2 Å². The Morgan fingerprint density at radius 3 is 2.63 bits per heavy atom. The van der Waals surface area contributed by atoms with E-state index in [4.69, 9.17) is 5.84 Å². The molecule has 1 aromatic carbocycles. The predicted molar refractivity (Wildman–Crippen MR) is 82.9 cm³/mol. The molecule has 1 heterocycles. The second-order valence-electron chi connectivity index (χ2n) is 3.90. The summed E-state index contributed by atoms with van der Waals surface area (Å²) in [6.07, 6.45) is 0.868. The number of nitrogens with two attached hydrogens (primary N) is 1. The highest BCUT2D eigenvalue weighted by atomic mass is 79.9. The van der Waals surface area contributed by atoms with Crippen LogP contribution >= 0.6 is 27.7 Å². The lowest BCUT2D eigenvalue weighted by atomic mass is 10.3. The van der Waals surface area contributed by atoms with E-state index in [-0.39, 0.29) is 0 Å². The van der Waals surface area contributed by atoms with Crippen molar-refractivity contribution in [2.45, 2.75) is 24.0 Å². The molecule has 3 N–H and O–H groups in total. The molecular formula is C13H15BrN4S. The number of anilines is 1. The molecule has 0 aliphatic heterocycles. The molecule has 0 bridgehead atoms. The Labute approximate surface area is 125 Å². The number of nitrogen functional groups attached to an aromatic ring is 1. The second kappa shape index (κ2) is 6.88. The molecule has 0 aliphatic carbocycles. The SMILES string of the molecule is CCc1cc(NN)nc(CSc2ccc(Br)cc2)n1. The van der Waals surface area contributed by atoms with Crippen molar-refractivity contribution in [1.82, 2.24) is 9.97 Å². The maximum atomic E-state index is 5.41. The highest BCUT2D eigenvalue weighted by Crippen LogP contribution is 2.23. The van der Waals surface area contributed by atoms with Crippen LogP contribution in [0.2, 0.25) is 0 Å². The van der Waals surface area contributed by atoms with E-state index in [9.17, 15) is 0 Å². The van der Waals surface area contributed by atoms with Gasteiger partial charge in [0.1, 0.15) is 11.6 Å². The van der Waals surface area contributed by atoms with Crippen molar-refractivity contribution in [1.29, 1.82) is 0 Å². The molecule has 0 saturated heterocycles. The molecule has 2 aromatic rings.